The number of hydrogen-bond donors (Lipinski definition) is 0. The van der Waals surface area contributed by atoms with Crippen LogP contribution in [-0.2, 0) is 4.79 Å². The smallest absolute Gasteiger partial charge is 0.127 e. The highest BCUT2D eigenvalue weighted by atomic mass is 16.1. The maximum absolute atomic E-state index is 10.8. The number of aldehydes is 1. The predicted molar refractivity (Wildman–Crippen MR) is 54.8 cm³/mol. The molecule has 0 aromatic heterocycles. The van der Waals surface area contributed by atoms with E-state index in [1.54, 1.807) is 12.1 Å². The van der Waals surface area contributed by atoms with Gasteiger partial charge in [0.15, 0.2) is 0 Å². The monoisotopic (exact) mass is 187 g/mol. The fraction of sp³-hybridized carbons (Fsp3) is 0.333. The van der Waals surface area contributed by atoms with E-state index in [2.05, 4.69) is 6.07 Å². The molecule has 0 saturated heterocycles. The van der Waals surface area contributed by atoms with E-state index in [-0.39, 0.29) is 5.92 Å². The maximum Gasteiger partial charge on any atom is 0.127 e. The summed E-state index contributed by atoms with van der Waals surface area (Å²) in [6.07, 6.45) is 0.964. The van der Waals surface area contributed by atoms with E-state index in [1.165, 1.54) is 0 Å². The van der Waals surface area contributed by atoms with Crippen LogP contribution in [0.5, 0.6) is 0 Å². The number of benzene rings is 1. The Kier molecular flexibility index (Phi) is 3.41. The molecule has 0 fully saturated rings. The number of nitriles is 1. The van der Waals surface area contributed by atoms with Crippen LogP contribution in [0, 0.1) is 17.2 Å². The Hall–Kier alpha value is -1.62. The Morgan fingerprint density at radius 2 is 1.86 bits per heavy atom. The van der Waals surface area contributed by atoms with E-state index < -0.39 is 0 Å². The molecule has 2 heteroatoms. The zero-order valence-corrected chi connectivity index (χ0v) is 8.40. The van der Waals surface area contributed by atoms with Gasteiger partial charge in [-0.25, -0.2) is 0 Å². The molecule has 1 unspecified atom stereocenters. The van der Waals surface area contributed by atoms with E-state index >= 15 is 0 Å². The Bertz CT molecular complexity index is 346. The van der Waals surface area contributed by atoms with Crippen molar-refractivity contribution in [3.8, 4) is 6.07 Å². The molecule has 0 saturated carbocycles. The van der Waals surface area contributed by atoms with Gasteiger partial charge >= 0.3 is 0 Å². The number of rotatable bonds is 3. The minimum atomic E-state index is -0.0669. The first-order valence-electron chi connectivity index (χ1n) is 4.64. The van der Waals surface area contributed by atoms with Crippen molar-refractivity contribution < 1.29 is 4.79 Å². The van der Waals surface area contributed by atoms with Crippen LogP contribution in [-0.4, -0.2) is 6.29 Å². The largest absolute Gasteiger partial charge is 0.303 e. The average Bonchev–Trinajstić information content (AvgIpc) is 2.19. The van der Waals surface area contributed by atoms with Crippen LogP contribution in [0.15, 0.2) is 24.3 Å². The second-order valence-electron chi connectivity index (χ2n) is 3.64. The topological polar surface area (TPSA) is 40.9 Å². The van der Waals surface area contributed by atoms with Crippen LogP contribution in [0.2, 0.25) is 0 Å². The average molecular weight is 187 g/mol. The van der Waals surface area contributed by atoms with Gasteiger partial charge in [-0.1, -0.05) is 26.0 Å². The van der Waals surface area contributed by atoms with E-state index in [9.17, 15) is 4.79 Å². The summed E-state index contributed by atoms with van der Waals surface area (Å²) in [7, 11) is 0. The Morgan fingerprint density at radius 1 is 1.29 bits per heavy atom. The third-order valence-corrected chi connectivity index (χ3v) is 2.29. The normalized spacial score (nSPS) is 12.1. The minimum absolute atomic E-state index is 0.0669. The Morgan fingerprint density at radius 3 is 2.21 bits per heavy atom. The highest BCUT2D eigenvalue weighted by molar-refractivity contribution is 5.62. The molecule has 2 nitrogen and oxygen atoms in total. The van der Waals surface area contributed by atoms with E-state index in [1.807, 2.05) is 26.0 Å². The fourth-order valence-corrected chi connectivity index (χ4v) is 1.40. The van der Waals surface area contributed by atoms with Crippen LogP contribution >= 0.6 is 0 Å². The molecular formula is C12H13NO. The van der Waals surface area contributed by atoms with Crippen LogP contribution in [0.25, 0.3) is 0 Å². The zero-order chi connectivity index (χ0) is 10.6. The Labute approximate surface area is 84.2 Å². The molecule has 0 amide bonds. The van der Waals surface area contributed by atoms with Crippen molar-refractivity contribution >= 4 is 6.29 Å². The summed E-state index contributed by atoms with van der Waals surface area (Å²) in [6, 6.07) is 9.23. The van der Waals surface area contributed by atoms with Crippen molar-refractivity contribution in [2.24, 2.45) is 5.92 Å². The molecule has 1 aromatic rings. The van der Waals surface area contributed by atoms with E-state index in [0.29, 0.717) is 11.5 Å². The van der Waals surface area contributed by atoms with E-state index in [4.69, 9.17) is 5.26 Å². The van der Waals surface area contributed by atoms with Gasteiger partial charge in [0.05, 0.1) is 11.6 Å². The zero-order valence-electron chi connectivity index (χ0n) is 8.40. The van der Waals surface area contributed by atoms with Crippen LogP contribution < -0.4 is 0 Å². The first-order valence-corrected chi connectivity index (χ1v) is 4.64. The molecule has 1 aromatic carbocycles. The van der Waals surface area contributed by atoms with Crippen LogP contribution in [0.1, 0.15) is 30.9 Å². The molecule has 0 bridgehead atoms. The first-order chi connectivity index (χ1) is 6.69. The molecule has 14 heavy (non-hydrogen) atoms. The summed E-state index contributed by atoms with van der Waals surface area (Å²) < 4.78 is 0. The summed E-state index contributed by atoms with van der Waals surface area (Å²) in [5, 5.41) is 8.61. The third kappa shape index (κ3) is 2.20. The second-order valence-corrected chi connectivity index (χ2v) is 3.64. The maximum atomic E-state index is 10.8. The van der Waals surface area contributed by atoms with Crippen molar-refractivity contribution in [2.75, 3.05) is 0 Å². The van der Waals surface area contributed by atoms with Gasteiger partial charge in [-0.05, 0) is 23.6 Å². The lowest BCUT2D eigenvalue weighted by Gasteiger charge is -2.14. The van der Waals surface area contributed by atoms with Crippen molar-refractivity contribution in [1.29, 1.82) is 5.26 Å². The quantitative estimate of drug-likeness (QED) is 0.682. The first kappa shape index (κ1) is 10.5. The second kappa shape index (κ2) is 4.57. The van der Waals surface area contributed by atoms with Crippen molar-refractivity contribution in [2.45, 2.75) is 19.8 Å². The molecule has 1 rings (SSSR count). The number of carbonyl (C=O) groups is 1. The molecule has 1 atom stereocenters. The predicted octanol–water partition coefficient (Wildman–Crippen LogP) is 2.50. The van der Waals surface area contributed by atoms with Gasteiger partial charge in [-0.15, -0.1) is 0 Å². The summed E-state index contributed by atoms with van der Waals surface area (Å²) in [4.78, 5) is 10.8. The van der Waals surface area contributed by atoms with Gasteiger partial charge in [-0.2, -0.15) is 5.26 Å². The van der Waals surface area contributed by atoms with Crippen molar-refractivity contribution in [3.63, 3.8) is 0 Å². The Balaban J connectivity index is 2.96. The standard InChI is InChI=1S/C12H13NO/c1-9(2)12(8-14)11-5-3-10(7-13)4-6-11/h3-6,8-9,12H,1-2H3. The highest BCUT2D eigenvalue weighted by Gasteiger charge is 2.14. The number of carbonyl (C=O) groups excluding carboxylic acids is 1. The van der Waals surface area contributed by atoms with Gasteiger partial charge < -0.3 is 4.79 Å². The number of nitrogens with zero attached hydrogens (tertiary/aromatic N) is 1. The van der Waals surface area contributed by atoms with E-state index in [0.717, 1.165) is 11.8 Å². The summed E-state index contributed by atoms with van der Waals surface area (Å²) in [5.74, 6) is 0.225. The highest BCUT2D eigenvalue weighted by Crippen LogP contribution is 2.22. The summed E-state index contributed by atoms with van der Waals surface area (Å²) >= 11 is 0. The van der Waals surface area contributed by atoms with Gasteiger partial charge in [0.2, 0.25) is 0 Å². The molecule has 0 N–H and O–H groups in total. The van der Waals surface area contributed by atoms with Crippen molar-refractivity contribution in [3.05, 3.63) is 35.4 Å². The molecule has 0 aliphatic heterocycles. The van der Waals surface area contributed by atoms with Gasteiger partial charge in [0, 0.05) is 5.92 Å². The van der Waals surface area contributed by atoms with Gasteiger partial charge in [0.1, 0.15) is 6.29 Å². The molecule has 72 valence electrons. The molecule has 0 spiro atoms. The lowest BCUT2D eigenvalue weighted by Crippen LogP contribution is -2.07. The summed E-state index contributed by atoms with van der Waals surface area (Å²) in [5.41, 5.74) is 1.61. The SMILES string of the molecule is CC(C)C(C=O)c1ccc(C#N)cc1. The van der Waals surface area contributed by atoms with Crippen LogP contribution in [0.3, 0.4) is 0 Å². The van der Waals surface area contributed by atoms with Gasteiger partial charge in [0.25, 0.3) is 0 Å². The molecular weight excluding hydrogens is 174 g/mol. The molecule has 0 aliphatic carbocycles. The van der Waals surface area contributed by atoms with Crippen LogP contribution in [0.4, 0.5) is 0 Å². The molecule has 0 radical (unpaired) electrons. The molecule has 0 heterocycles. The van der Waals surface area contributed by atoms with Crippen molar-refractivity contribution in [1.82, 2.24) is 0 Å². The van der Waals surface area contributed by atoms with Gasteiger partial charge in [-0.3, -0.25) is 0 Å². The number of hydrogen-bond acceptors (Lipinski definition) is 2. The lowest BCUT2D eigenvalue weighted by atomic mass is 9.89. The minimum Gasteiger partial charge on any atom is -0.303 e. The lowest BCUT2D eigenvalue weighted by molar-refractivity contribution is -0.109. The molecule has 0 aliphatic rings. The third-order valence-electron chi connectivity index (χ3n) is 2.29. The fourth-order valence-electron chi connectivity index (χ4n) is 1.40. The summed E-state index contributed by atoms with van der Waals surface area (Å²) in [6.45, 7) is 4.02.